The maximum absolute atomic E-state index is 12.5. The fraction of sp³-hybridized carbons (Fsp3) is 0.105. The molecule has 0 aliphatic heterocycles. The summed E-state index contributed by atoms with van der Waals surface area (Å²) in [6.07, 6.45) is 3.44. The molecule has 0 radical (unpaired) electrons. The number of pyridine rings is 1. The first-order valence-corrected chi connectivity index (χ1v) is 7.94. The SMILES string of the molecule is Cc1nc(NCc2ccncc2)cc(C(=O)Nc2cccc(C#N)c2)n1. The van der Waals surface area contributed by atoms with Crippen LogP contribution >= 0.6 is 0 Å². The highest BCUT2D eigenvalue weighted by atomic mass is 16.1. The van der Waals surface area contributed by atoms with E-state index in [1.54, 1.807) is 49.6 Å². The number of benzene rings is 1. The molecule has 0 atom stereocenters. The zero-order valence-electron chi connectivity index (χ0n) is 14.1. The number of aromatic nitrogens is 3. The van der Waals surface area contributed by atoms with E-state index in [1.807, 2.05) is 18.2 Å². The second-order valence-electron chi connectivity index (χ2n) is 5.54. The molecule has 2 heterocycles. The Morgan fingerprint density at radius 1 is 1.15 bits per heavy atom. The van der Waals surface area contributed by atoms with Crippen LogP contribution in [0.15, 0.2) is 54.9 Å². The molecule has 2 aromatic heterocycles. The van der Waals surface area contributed by atoms with Gasteiger partial charge >= 0.3 is 0 Å². The summed E-state index contributed by atoms with van der Waals surface area (Å²) in [5, 5.41) is 14.9. The summed E-state index contributed by atoms with van der Waals surface area (Å²) >= 11 is 0. The summed E-state index contributed by atoms with van der Waals surface area (Å²) in [6, 6.07) is 14.1. The number of hydrogen-bond donors (Lipinski definition) is 2. The van der Waals surface area contributed by atoms with Gasteiger partial charge in [0.25, 0.3) is 5.91 Å². The Labute approximate surface area is 150 Å². The number of carbonyl (C=O) groups is 1. The van der Waals surface area contributed by atoms with E-state index in [-0.39, 0.29) is 11.6 Å². The van der Waals surface area contributed by atoms with Gasteiger partial charge in [-0.15, -0.1) is 0 Å². The highest BCUT2D eigenvalue weighted by Crippen LogP contribution is 2.13. The van der Waals surface area contributed by atoms with Gasteiger partial charge in [0.15, 0.2) is 0 Å². The second-order valence-corrected chi connectivity index (χ2v) is 5.54. The molecule has 0 bridgehead atoms. The van der Waals surface area contributed by atoms with Crippen LogP contribution in [0.5, 0.6) is 0 Å². The predicted octanol–water partition coefficient (Wildman–Crippen LogP) is 2.92. The maximum atomic E-state index is 12.5. The highest BCUT2D eigenvalue weighted by Gasteiger charge is 2.11. The summed E-state index contributed by atoms with van der Waals surface area (Å²) < 4.78 is 0. The largest absolute Gasteiger partial charge is 0.366 e. The van der Waals surface area contributed by atoms with E-state index in [1.165, 1.54) is 0 Å². The lowest BCUT2D eigenvalue weighted by Crippen LogP contribution is -2.16. The Morgan fingerprint density at radius 2 is 1.96 bits per heavy atom. The van der Waals surface area contributed by atoms with Crippen LogP contribution in [0.2, 0.25) is 0 Å². The molecule has 0 saturated carbocycles. The van der Waals surface area contributed by atoms with Crippen LogP contribution in [0.4, 0.5) is 11.5 Å². The van der Waals surface area contributed by atoms with Crippen molar-refractivity contribution >= 4 is 17.4 Å². The average molecular weight is 344 g/mol. The molecule has 0 fully saturated rings. The number of rotatable bonds is 5. The van der Waals surface area contributed by atoms with Crippen LogP contribution in [-0.2, 0) is 6.54 Å². The minimum Gasteiger partial charge on any atom is -0.366 e. The summed E-state index contributed by atoms with van der Waals surface area (Å²) in [6.45, 7) is 2.29. The van der Waals surface area contributed by atoms with Crippen LogP contribution < -0.4 is 10.6 Å². The predicted molar refractivity (Wildman–Crippen MR) is 97.4 cm³/mol. The molecule has 2 N–H and O–H groups in total. The first-order chi connectivity index (χ1) is 12.6. The average Bonchev–Trinajstić information content (AvgIpc) is 2.67. The third kappa shape index (κ3) is 4.39. The van der Waals surface area contributed by atoms with Crippen LogP contribution in [0, 0.1) is 18.3 Å². The molecule has 128 valence electrons. The van der Waals surface area contributed by atoms with Crippen molar-refractivity contribution < 1.29 is 4.79 Å². The molecule has 0 saturated heterocycles. The normalized spacial score (nSPS) is 10.0. The van der Waals surface area contributed by atoms with Crippen LogP contribution in [0.1, 0.15) is 27.4 Å². The summed E-state index contributed by atoms with van der Waals surface area (Å²) in [5.74, 6) is 0.684. The van der Waals surface area contributed by atoms with E-state index in [0.717, 1.165) is 5.56 Å². The van der Waals surface area contributed by atoms with Crippen molar-refractivity contribution in [2.75, 3.05) is 10.6 Å². The molecular weight excluding hydrogens is 328 g/mol. The Morgan fingerprint density at radius 3 is 2.73 bits per heavy atom. The number of carbonyl (C=O) groups excluding carboxylic acids is 1. The number of hydrogen-bond acceptors (Lipinski definition) is 6. The van der Waals surface area contributed by atoms with Crippen LogP contribution in [0.25, 0.3) is 0 Å². The quantitative estimate of drug-likeness (QED) is 0.737. The van der Waals surface area contributed by atoms with E-state index >= 15 is 0 Å². The Hall–Kier alpha value is -3.79. The van der Waals surface area contributed by atoms with Crippen molar-refractivity contribution in [3.63, 3.8) is 0 Å². The molecule has 0 aliphatic rings. The third-order valence-electron chi connectivity index (χ3n) is 3.54. The minimum absolute atomic E-state index is 0.247. The van der Waals surface area contributed by atoms with E-state index < -0.39 is 0 Å². The van der Waals surface area contributed by atoms with Crippen molar-refractivity contribution in [3.8, 4) is 6.07 Å². The summed E-state index contributed by atoms with van der Waals surface area (Å²) in [5.41, 5.74) is 2.31. The minimum atomic E-state index is -0.363. The number of nitriles is 1. The van der Waals surface area contributed by atoms with Crippen molar-refractivity contribution in [2.24, 2.45) is 0 Å². The highest BCUT2D eigenvalue weighted by molar-refractivity contribution is 6.03. The van der Waals surface area contributed by atoms with E-state index in [0.29, 0.717) is 29.4 Å². The van der Waals surface area contributed by atoms with E-state index in [4.69, 9.17) is 5.26 Å². The molecule has 1 amide bonds. The Kier molecular flexibility index (Phi) is 5.15. The molecule has 0 spiro atoms. The van der Waals surface area contributed by atoms with Gasteiger partial charge in [-0.25, -0.2) is 9.97 Å². The van der Waals surface area contributed by atoms with Gasteiger partial charge in [-0.05, 0) is 42.8 Å². The van der Waals surface area contributed by atoms with Crippen molar-refractivity contribution in [3.05, 3.63) is 77.5 Å². The van der Waals surface area contributed by atoms with Gasteiger partial charge in [0.05, 0.1) is 11.6 Å². The molecule has 7 heteroatoms. The number of anilines is 2. The number of nitrogens with zero attached hydrogens (tertiary/aromatic N) is 4. The molecule has 7 nitrogen and oxygen atoms in total. The lowest BCUT2D eigenvalue weighted by Gasteiger charge is -2.09. The number of aryl methyl sites for hydroxylation is 1. The lowest BCUT2D eigenvalue weighted by atomic mass is 10.2. The van der Waals surface area contributed by atoms with Gasteiger partial charge in [-0.1, -0.05) is 6.07 Å². The van der Waals surface area contributed by atoms with E-state index in [9.17, 15) is 4.79 Å². The van der Waals surface area contributed by atoms with E-state index in [2.05, 4.69) is 25.6 Å². The third-order valence-corrected chi connectivity index (χ3v) is 3.54. The van der Waals surface area contributed by atoms with Crippen LogP contribution in [0.3, 0.4) is 0 Å². The van der Waals surface area contributed by atoms with Gasteiger partial charge in [-0.3, -0.25) is 9.78 Å². The summed E-state index contributed by atoms with van der Waals surface area (Å²) in [7, 11) is 0. The molecule has 0 aliphatic carbocycles. The van der Waals surface area contributed by atoms with Gasteiger partial charge in [0.1, 0.15) is 17.3 Å². The molecular formula is C19H16N6O. The standard InChI is InChI=1S/C19H16N6O/c1-13-23-17(19(26)25-16-4-2-3-15(9-16)11-20)10-18(24-13)22-12-14-5-7-21-8-6-14/h2-10H,12H2,1H3,(H,25,26)(H,22,23,24). The number of nitrogens with one attached hydrogen (secondary N) is 2. The second kappa shape index (κ2) is 7.85. The smallest absolute Gasteiger partial charge is 0.274 e. The van der Waals surface area contributed by atoms with Crippen LogP contribution in [-0.4, -0.2) is 20.9 Å². The Bertz CT molecular complexity index is 965. The topological polar surface area (TPSA) is 104 Å². The monoisotopic (exact) mass is 344 g/mol. The lowest BCUT2D eigenvalue weighted by molar-refractivity contribution is 0.102. The molecule has 3 aromatic rings. The zero-order valence-corrected chi connectivity index (χ0v) is 14.1. The van der Waals surface area contributed by atoms with Crippen molar-refractivity contribution in [1.82, 2.24) is 15.0 Å². The molecule has 3 rings (SSSR count). The number of amides is 1. The van der Waals surface area contributed by atoms with Crippen molar-refractivity contribution in [1.29, 1.82) is 5.26 Å². The zero-order chi connectivity index (χ0) is 18.4. The van der Waals surface area contributed by atoms with Gasteiger partial charge in [-0.2, -0.15) is 5.26 Å². The molecule has 0 unspecified atom stereocenters. The fourth-order valence-electron chi connectivity index (χ4n) is 2.33. The van der Waals surface area contributed by atoms with Crippen molar-refractivity contribution in [2.45, 2.75) is 13.5 Å². The summed E-state index contributed by atoms with van der Waals surface area (Å²) in [4.78, 5) is 24.9. The first-order valence-electron chi connectivity index (χ1n) is 7.94. The Balaban J connectivity index is 1.74. The van der Waals surface area contributed by atoms with Gasteiger partial charge in [0.2, 0.25) is 0 Å². The van der Waals surface area contributed by atoms with Gasteiger partial charge in [0, 0.05) is 30.7 Å². The molecule has 1 aromatic carbocycles. The molecule has 26 heavy (non-hydrogen) atoms. The van der Waals surface area contributed by atoms with Gasteiger partial charge < -0.3 is 10.6 Å². The first kappa shape index (κ1) is 17.0. The maximum Gasteiger partial charge on any atom is 0.274 e. The fourth-order valence-corrected chi connectivity index (χ4v) is 2.33.